The lowest BCUT2D eigenvalue weighted by Crippen LogP contribution is -2.23. The first kappa shape index (κ1) is 17.1. The number of nitrogens with zero attached hydrogens (tertiary/aromatic N) is 1. The van der Waals surface area contributed by atoms with E-state index in [1.807, 2.05) is 6.07 Å². The van der Waals surface area contributed by atoms with Gasteiger partial charge in [0.05, 0.1) is 28.3 Å². The van der Waals surface area contributed by atoms with E-state index in [0.29, 0.717) is 26.9 Å². The molecule has 4 nitrogen and oxygen atoms in total. The Morgan fingerprint density at radius 1 is 1.22 bits per heavy atom. The van der Waals surface area contributed by atoms with Gasteiger partial charge in [-0.25, -0.2) is 4.79 Å². The molecule has 1 N–H and O–H groups in total. The molecule has 1 atom stereocenters. The summed E-state index contributed by atoms with van der Waals surface area (Å²) in [5.74, 6) is -0.421. The molecule has 0 heterocycles. The van der Waals surface area contributed by atoms with E-state index in [1.165, 1.54) is 0 Å². The third-order valence-electron chi connectivity index (χ3n) is 3.12. The minimum Gasteiger partial charge on any atom is -0.464 e. The molecule has 0 bridgehead atoms. The minimum absolute atomic E-state index is 0.270. The van der Waals surface area contributed by atoms with E-state index in [0.717, 1.165) is 0 Å². The molecular weight excluding hydrogens is 335 g/mol. The first-order chi connectivity index (χ1) is 11.0. The van der Waals surface area contributed by atoms with E-state index >= 15 is 0 Å². The van der Waals surface area contributed by atoms with Crippen molar-refractivity contribution in [2.75, 3.05) is 11.9 Å². The zero-order valence-electron chi connectivity index (χ0n) is 12.3. The second kappa shape index (κ2) is 7.87. The minimum atomic E-state index is -0.724. The van der Waals surface area contributed by atoms with Gasteiger partial charge in [0, 0.05) is 5.69 Å². The van der Waals surface area contributed by atoms with Crippen LogP contribution in [-0.4, -0.2) is 12.6 Å². The lowest BCUT2D eigenvalue weighted by Gasteiger charge is -2.19. The molecule has 0 radical (unpaired) electrons. The van der Waals surface area contributed by atoms with Crippen LogP contribution in [0.4, 0.5) is 5.69 Å². The fraction of sp³-hybridized carbons (Fsp3) is 0.176. The number of esters is 1. The number of halogens is 2. The molecule has 6 heteroatoms. The molecule has 0 aliphatic carbocycles. The van der Waals surface area contributed by atoms with E-state index in [4.69, 9.17) is 33.2 Å². The molecule has 23 heavy (non-hydrogen) atoms. The van der Waals surface area contributed by atoms with E-state index in [-0.39, 0.29) is 6.61 Å². The van der Waals surface area contributed by atoms with Gasteiger partial charge in [0.15, 0.2) is 6.04 Å². The monoisotopic (exact) mass is 348 g/mol. The van der Waals surface area contributed by atoms with Crippen molar-refractivity contribution >= 4 is 34.9 Å². The van der Waals surface area contributed by atoms with Crippen molar-refractivity contribution in [3.63, 3.8) is 0 Å². The highest BCUT2D eigenvalue weighted by Crippen LogP contribution is 2.28. The Hall–Kier alpha value is -2.22. The second-order valence-electron chi connectivity index (χ2n) is 4.69. The van der Waals surface area contributed by atoms with Crippen LogP contribution in [0.5, 0.6) is 0 Å². The Kier molecular flexibility index (Phi) is 5.86. The summed E-state index contributed by atoms with van der Waals surface area (Å²) in [7, 11) is 0. The van der Waals surface area contributed by atoms with E-state index < -0.39 is 12.0 Å². The van der Waals surface area contributed by atoms with Crippen molar-refractivity contribution in [1.29, 1.82) is 5.26 Å². The van der Waals surface area contributed by atoms with Crippen LogP contribution in [0.3, 0.4) is 0 Å². The van der Waals surface area contributed by atoms with Crippen molar-refractivity contribution in [2.45, 2.75) is 13.0 Å². The molecule has 0 aliphatic rings. The summed E-state index contributed by atoms with van der Waals surface area (Å²) in [6.45, 7) is 2.01. The summed E-state index contributed by atoms with van der Waals surface area (Å²) < 4.78 is 5.12. The molecule has 2 aromatic carbocycles. The van der Waals surface area contributed by atoms with Gasteiger partial charge in [-0.05, 0) is 48.9 Å². The number of nitriles is 1. The van der Waals surface area contributed by atoms with Crippen LogP contribution in [0, 0.1) is 11.3 Å². The van der Waals surface area contributed by atoms with Crippen LogP contribution in [0.25, 0.3) is 0 Å². The molecule has 0 saturated carbocycles. The molecule has 2 aromatic rings. The van der Waals surface area contributed by atoms with Gasteiger partial charge in [-0.15, -0.1) is 0 Å². The maximum Gasteiger partial charge on any atom is 0.333 e. The first-order valence-electron chi connectivity index (χ1n) is 6.93. The molecule has 0 fully saturated rings. The van der Waals surface area contributed by atoms with Crippen molar-refractivity contribution in [3.8, 4) is 6.07 Å². The van der Waals surface area contributed by atoms with E-state index in [1.54, 1.807) is 49.4 Å². The number of hydrogen-bond acceptors (Lipinski definition) is 4. The summed E-state index contributed by atoms with van der Waals surface area (Å²) in [5.41, 5.74) is 1.87. The zero-order valence-corrected chi connectivity index (χ0v) is 13.9. The number of benzene rings is 2. The number of carbonyl (C=O) groups excluding carboxylic acids is 1. The fourth-order valence-electron chi connectivity index (χ4n) is 2.00. The summed E-state index contributed by atoms with van der Waals surface area (Å²) >= 11 is 12.0. The highest BCUT2D eigenvalue weighted by atomic mass is 35.5. The summed E-state index contributed by atoms with van der Waals surface area (Å²) in [6, 6.07) is 13.1. The largest absolute Gasteiger partial charge is 0.464 e. The summed E-state index contributed by atoms with van der Waals surface area (Å²) in [6.07, 6.45) is 0. The maximum absolute atomic E-state index is 12.3. The Labute approximate surface area is 144 Å². The quantitative estimate of drug-likeness (QED) is 0.803. The number of ether oxygens (including phenoxy) is 1. The average Bonchev–Trinajstić information content (AvgIpc) is 2.56. The molecule has 0 amide bonds. The summed E-state index contributed by atoms with van der Waals surface area (Å²) in [4.78, 5) is 12.3. The van der Waals surface area contributed by atoms with Crippen molar-refractivity contribution in [2.24, 2.45) is 0 Å². The predicted molar refractivity (Wildman–Crippen MR) is 90.6 cm³/mol. The van der Waals surface area contributed by atoms with Crippen molar-refractivity contribution in [1.82, 2.24) is 0 Å². The third kappa shape index (κ3) is 4.38. The molecule has 1 unspecified atom stereocenters. The molecule has 0 saturated heterocycles. The van der Waals surface area contributed by atoms with Crippen LogP contribution in [0.1, 0.15) is 24.1 Å². The third-order valence-corrected chi connectivity index (χ3v) is 3.86. The van der Waals surface area contributed by atoms with E-state index in [2.05, 4.69) is 5.32 Å². The van der Waals surface area contributed by atoms with Crippen molar-refractivity contribution < 1.29 is 9.53 Å². The predicted octanol–water partition coefficient (Wildman–Crippen LogP) is 4.58. The highest BCUT2D eigenvalue weighted by Gasteiger charge is 2.22. The number of hydrogen-bond donors (Lipinski definition) is 1. The second-order valence-corrected chi connectivity index (χ2v) is 5.51. The molecule has 0 spiro atoms. The van der Waals surface area contributed by atoms with Gasteiger partial charge in [0.1, 0.15) is 0 Å². The van der Waals surface area contributed by atoms with Gasteiger partial charge < -0.3 is 10.1 Å². The lowest BCUT2D eigenvalue weighted by molar-refractivity contribution is -0.144. The maximum atomic E-state index is 12.3. The van der Waals surface area contributed by atoms with Crippen LogP contribution in [-0.2, 0) is 9.53 Å². The molecule has 118 valence electrons. The number of rotatable bonds is 5. The molecule has 0 aromatic heterocycles. The SMILES string of the molecule is CCOC(=O)C(Nc1ccc(C#N)cc1)c1ccc(Cl)c(Cl)c1. The van der Waals surface area contributed by atoms with Gasteiger partial charge in [0.25, 0.3) is 0 Å². The standard InChI is InChI=1S/C17H14Cl2N2O2/c1-2-23-17(22)16(12-5-8-14(18)15(19)9-12)21-13-6-3-11(10-20)4-7-13/h3-9,16,21H,2H2,1H3. The topological polar surface area (TPSA) is 62.1 Å². The number of anilines is 1. The van der Waals surface area contributed by atoms with Gasteiger partial charge >= 0.3 is 5.97 Å². The van der Waals surface area contributed by atoms with Crippen LogP contribution < -0.4 is 5.32 Å². The molecular formula is C17H14Cl2N2O2. The summed E-state index contributed by atoms with van der Waals surface area (Å²) in [5, 5.41) is 12.7. The molecule has 0 aliphatic heterocycles. The highest BCUT2D eigenvalue weighted by molar-refractivity contribution is 6.42. The van der Waals surface area contributed by atoms with Gasteiger partial charge in [-0.2, -0.15) is 5.26 Å². The average molecular weight is 349 g/mol. The Morgan fingerprint density at radius 2 is 1.91 bits per heavy atom. The van der Waals surface area contributed by atoms with Crippen LogP contribution >= 0.6 is 23.2 Å². The zero-order chi connectivity index (χ0) is 16.8. The van der Waals surface area contributed by atoms with Crippen LogP contribution in [0.15, 0.2) is 42.5 Å². The van der Waals surface area contributed by atoms with E-state index in [9.17, 15) is 4.79 Å². The Bertz CT molecular complexity index is 739. The Morgan fingerprint density at radius 3 is 2.48 bits per heavy atom. The lowest BCUT2D eigenvalue weighted by atomic mass is 10.1. The van der Waals surface area contributed by atoms with Crippen LogP contribution in [0.2, 0.25) is 10.0 Å². The Balaban J connectivity index is 2.31. The first-order valence-corrected chi connectivity index (χ1v) is 7.69. The van der Waals surface area contributed by atoms with Gasteiger partial charge in [-0.1, -0.05) is 29.3 Å². The number of nitrogens with one attached hydrogen (secondary N) is 1. The smallest absolute Gasteiger partial charge is 0.333 e. The number of carbonyl (C=O) groups is 1. The van der Waals surface area contributed by atoms with Crippen molar-refractivity contribution in [3.05, 3.63) is 63.6 Å². The molecule has 2 rings (SSSR count). The normalized spacial score (nSPS) is 11.4. The fourth-order valence-corrected chi connectivity index (χ4v) is 2.31. The van der Waals surface area contributed by atoms with Gasteiger partial charge in [0.2, 0.25) is 0 Å². The van der Waals surface area contributed by atoms with Gasteiger partial charge in [-0.3, -0.25) is 0 Å².